The van der Waals surface area contributed by atoms with E-state index in [2.05, 4.69) is 10.3 Å². The van der Waals surface area contributed by atoms with Crippen LogP contribution in [-0.2, 0) is 6.18 Å². The number of nitrogens with one attached hydrogen (secondary N) is 1. The summed E-state index contributed by atoms with van der Waals surface area (Å²) >= 11 is 0. The third kappa shape index (κ3) is 3.86. The van der Waals surface area contributed by atoms with E-state index >= 15 is 0 Å². The van der Waals surface area contributed by atoms with Gasteiger partial charge in [-0.25, -0.2) is 4.98 Å². The lowest BCUT2D eigenvalue weighted by Gasteiger charge is -2.21. The molecule has 0 saturated heterocycles. The van der Waals surface area contributed by atoms with Gasteiger partial charge in [-0.1, -0.05) is 19.3 Å². The fourth-order valence-corrected chi connectivity index (χ4v) is 3.69. The summed E-state index contributed by atoms with van der Waals surface area (Å²) in [6, 6.07) is 4.18. The summed E-state index contributed by atoms with van der Waals surface area (Å²) in [5, 5.41) is 2.91. The smallest absolute Gasteiger partial charge is 0.352 e. The summed E-state index contributed by atoms with van der Waals surface area (Å²) in [4.78, 5) is 16.1. The van der Waals surface area contributed by atoms with Crippen LogP contribution in [0.3, 0.4) is 0 Å². The van der Waals surface area contributed by atoms with E-state index in [9.17, 15) is 18.0 Å². The number of amides is 1. The van der Waals surface area contributed by atoms with Gasteiger partial charge in [-0.05, 0) is 50.8 Å². The minimum atomic E-state index is -4.54. The maximum atomic E-state index is 13.3. The number of hydrogen-bond acceptors (Lipinski definition) is 2. The van der Waals surface area contributed by atoms with Crippen molar-refractivity contribution in [2.24, 2.45) is 5.92 Å². The number of nitrogens with zero attached hydrogens (tertiary/aromatic N) is 2. The standard InChI is InChI=1S/C19H24F3N3O/c1-12(2)25-16-9-8-14(10-15(16)24-18(25)19(20,21)22)17(26)23-11-13-6-4-3-5-7-13/h8-10,12-13H,3-7,11H2,1-2H3,(H,23,26). The van der Waals surface area contributed by atoms with Crippen molar-refractivity contribution in [3.63, 3.8) is 0 Å². The number of imidazole rings is 1. The van der Waals surface area contributed by atoms with E-state index in [-0.39, 0.29) is 17.5 Å². The molecule has 0 atom stereocenters. The number of carbonyl (C=O) groups excluding carboxylic acids is 1. The van der Waals surface area contributed by atoms with Gasteiger partial charge in [0.25, 0.3) is 5.91 Å². The zero-order valence-corrected chi connectivity index (χ0v) is 15.1. The zero-order chi connectivity index (χ0) is 18.9. The highest BCUT2D eigenvalue weighted by atomic mass is 19.4. The highest BCUT2D eigenvalue weighted by Gasteiger charge is 2.38. The molecule has 0 aliphatic heterocycles. The summed E-state index contributed by atoms with van der Waals surface area (Å²) in [5.74, 6) is -0.694. The van der Waals surface area contributed by atoms with Crippen molar-refractivity contribution in [2.75, 3.05) is 6.54 Å². The average molecular weight is 367 g/mol. The zero-order valence-electron chi connectivity index (χ0n) is 15.1. The van der Waals surface area contributed by atoms with E-state index in [1.807, 2.05) is 0 Å². The molecule has 0 radical (unpaired) electrons. The first-order chi connectivity index (χ1) is 12.3. The van der Waals surface area contributed by atoms with Gasteiger partial charge in [0.2, 0.25) is 5.82 Å². The highest BCUT2D eigenvalue weighted by molar-refractivity contribution is 5.97. The monoisotopic (exact) mass is 367 g/mol. The van der Waals surface area contributed by atoms with Crippen LogP contribution < -0.4 is 5.32 Å². The van der Waals surface area contributed by atoms with Gasteiger partial charge in [0, 0.05) is 18.2 Å². The highest BCUT2D eigenvalue weighted by Crippen LogP contribution is 2.34. The van der Waals surface area contributed by atoms with Crippen LogP contribution in [0.15, 0.2) is 18.2 Å². The molecular formula is C19H24F3N3O. The number of hydrogen-bond donors (Lipinski definition) is 1. The molecule has 1 aromatic heterocycles. The van der Waals surface area contributed by atoms with Crippen LogP contribution in [-0.4, -0.2) is 22.0 Å². The molecule has 1 fully saturated rings. The van der Waals surface area contributed by atoms with Crippen molar-refractivity contribution >= 4 is 16.9 Å². The van der Waals surface area contributed by atoms with Crippen LogP contribution in [0.5, 0.6) is 0 Å². The Balaban J connectivity index is 1.83. The molecule has 0 unspecified atom stereocenters. The Kier molecular flexibility index (Phi) is 5.25. The molecule has 1 amide bonds. The van der Waals surface area contributed by atoms with Crippen molar-refractivity contribution in [1.82, 2.24) is 14.9 Å². The molecule has 4 nitrogen and oxygen atoms in total. The maximum absolute atomic E-state index is 13.3. The van der Waals surface area contributed by atoms with Crippen LogP contribution in [0.25, 0.3) is 11.0 Å². The molecule has 1 saturated carbocycles. The first-order valence-electron chi connectivity index (χ1n) is 9.14. The Labute approximate surface area is 150 Å². The van der Waals surface area contributed by atoms with Gasteiger partial charge in [0.1, 0.15) is 0 Å². The number of fused-ring (bicyclic) bond motifs is 1. The number of alkyl halides is 3. The van der Waals surface area contributed by atoms with Crippen LogP contribution >= 0.6 is 0 Å². The molecule has 7 heteroatoms. The van der Waals surface area contributed by atoms with E-state index < -0.39 is 12.0 Å². The second-order valence-corrected chi connectivity index (χ2v) is 7.31. The maximum Gasteiger partial charge on any atom is 0.449 e. The van der Waals surface area contributed by atoms with E-state index in [0.717, 1.165) is 12.8 Å². The van der Waals surface area contributed by atoms with Gasteiger partial charge >= 0.3 is 6.18 Å². The minimum absolute atomic E-state index is 0.191. The normalized spacial score (nSPS) is 16.4. The summed E-state index contributed by atoms with van der Waals surface area (Å²) < 4.78 is 41.0. The Hall–Kier alpha value is -2.05. The fraction of sp³-hybridized carbons (Fsp3) is 0.579. The first-order valence-corrected chi connectivity index (χ1v) is 9.14. The van der Waals surface area contributed by atoms with Gasteiger partial charge in [-0.3, -0.25) is 4.79 Å². The summed E-state index contributed by atoms with van der Waals surface area (Å²) in [5.41, 5.74) is 0.919. The first kappa shape index (κ1) is 18.7. The molecule has 1 aliphatic rings. The van der Waals surface area contributed by atoms with E-state index in [1.54, 1.807) is 26.0 Å². The number of halogens is 3. The Bertz CT molecular complexity index is 789. The number of carbonyl (C=O) groups is 1. The Morgan fingerprint density at radius 2 is 1.96 bits per heavy atom. The second-order valence-electron chi connectivity index (χ2n) is 7.31. The number of aromatic nitrogens is 2. The second kappa shape index (κ2) is 7.29. The average Bonchev–Trinajstić information content (AvgIpc) is 3.00. The molecular weight excluding hydrogens is 343 g/mol. The van der Waals surface area contributed by atoms with E-state index in [0.29, 0.717) is 23.5 Å². The van der Waals surface area contributed by atoms with Gasteiger partial charge in [-0.15, -0.1) is 0 Å². The molecule has 1 heterocycles. The lowest BCUT2D eigenvalue weighted by molar-refractivity contribution is -0.147. The predicted molar refractivity (Wildman–Crippen MR) is 94.0 cm³/mol. The SMILES string of the molecule is CC(C)n1c(C(F)(F)F)nc2cc(C(=O)NCC3CCCCC3)ccc21. The lowest BCUT2D eigenvalue weighted by atomic mass is 9.89. The molecule has 1 aromatic carbocycles. The Morgan fingerprint density at radius 1 is 1.27 bits per heavy atom. The summed E-state index contributed by atoms with van der Waals surface area (Å²) in [6.45, 7) is 3.98. The van der Waals surface area contributed by atoms with Crippen molar-refractivity contribution in [2.45, 2.75) is 58.2 Å². The van der Waals surface area contributed by atoms with Crippen LogP contribution in [0.4, 0.5) is 13.2 Å². The quantitative estimate of drug-likeness (QED) is 0.831. The molecule has 1 N–H and O–H groups in total. The summed E-state index contributed by atoms with van der Waals surface area (Å²) in [7, 11) is 0. The van der Waals surface area contributed by atoms with Crippen molar-refractivity contribution in [3.05, 3.63) is 29.6 Å². The van der Waals surface area contributed by atoms with Gasteiger partial charge in [0.15, 0.2) is 0 Å². The minimum Gasteiger partial charge on any atom is -0.352 e. The number of benzene rings is 1. The molecule has 2 aromatic rings. The topological polar surface area (TPSA) is 46.9 Å². The van der Waals surface area contributed by atoms with Crippen molar-refractivity contribution < 1.29 is 18.0 Å². The molecule has 1 aliphatic carbocycles. The van der Waals surface area contributed by atoms with Crippen molar-refractivity contribution in [1.29, 1.82) is 0 Å². The van der Waals surface area contributed by atoms with Gasteiger partial charge in [0.05, 0.1) is 11.0 Å². The third-order valence-electron chi connectivity index (χ3n) is 5.00. The van der Waals surface area contributed by atoms with Crippen molar-refractivity contribution in [3.8, 4) is 0 Å². The predicted octanol–water partition coefficient (Wildman–Crippen LogP) is 4.95. The molecule has 142 valence electrons. The van der Waals surface area contributed by atoms with Crippen LogP contribution in [0.2, 0.25) is 0 Å². The molecule has 0 spiro atoms. The number of rotatable bonds is 4. The van der Waals surface area contributed by atoms with Crippen LogP contribution in [0, 0.1) is 5.92 Å². The van der Waals surface area contributed by atoms with Gasteiger partial charge in [-0.2, -0.15) is 13.2 Å². The largest absolute Gasteiger partial charge is 0.449 e. The van der Waals surface area contributed by atoms with Crippen LogP contribution in [0.1, 0.15) is 68.2 Å². The lowest BCUT2D eigenvalue weighted by Crippen LogP contribution is -2.30. The van der Waals surface area contributed by atoms with E-state index in [1.165, 1.54) is 29.9 Å². The molecule has 26 heavy (non-hydrogen) atoms. The third-order valence-corrected chi connectivity index (χ3v) is 5.00. The van der Waals surface area contributed by atoms with Gasteiger partial charge < -0.3 is 9.88 Å². The van der Waals surface area contributed by atoms with E-state index in [4.69, 9.17) is 0 Å². The summed E-state index contributed by atoms with van der Waals surface area (Å²) in [6.07, 6.45) is 1.34. The molecule has 3 rings (SSSR count). The molecule has 0 bridgehead atoms. The fourth-order valence-electron chi connectivity index (χ4n) is 3.69. The Morgan fingerprint density at radius 3 is 2.58 bits per heavy atom.